The lowest BCUT2D eigenvalue weighted by molar-refractivity contribution is 0.112. The second-order valence-corrected chi connectivity index (χ2v) is 4.99. The molecule has 0 saturated heterocycles. The Labute approximate surface area is 92.9 Å². The minimum absolute atomic E-state index is 0.128. The van der Waals surface area contributed by atoms with Gasteiger partial charge in [-0.25, -0.2) is 0 Å². The third-order valence-corrected chi connectivity index (χ3v) is 2.54. The third kappa shape index (κ3) is 3.99. The number of halogens is 1. The van der Waals surface area contributed by atoms with E-state index in [1.807, 2.05) is 0 Å². The van der Waals surface area contributed by atoms with Gasteiger partial charge in [-0.1, -0.05) is 23.7 Å². The molecule has 0 aliphatic rings. The zero-order valence-electron chi connectivity index (χ0n) is 7.94. The number of hydrogen-bond acceptors (Lipinski definition) is 4. The summed E-state index contributed by atoms with van der Waals surface area (Å²) in [5, 5.41) is 0.309. The molecule has 0 saturated carbocycles. The molecule has 0 atom stereocenters. The number of carbonyl (C=O) groups excluding carboxylic acids is 1. The van der Waals surface area contributed by atoms with Gasteiger partial charge in [-0.05, 0) is 11.6 Å². The van der Waals surface area contributed by atoms with E-state index >= 15 is 0 Å². The summed E-state index contributed by atoms with van der Waals surface area (Å²) in [6.07, 6.45) is 1.62. The molecule has 0 fully saturated rings. The highest BCUT2D eigenvalue weighted by molar-refractivity contribution is 7.85. The van der Waals surface area contributed by atoms with Crippen molar-refractivity contribution >= 4 is 28.0 Å². The fourth-order valence-electron chi connectivity index (χ4n) is 0.924. The zero-order valence-corrected chi connectivity index (χ0v) is 9.51. The molecule has 0 aromatic heterocycles. The van der Waals surface area contributed by atoms with E-state index in [4.69, 9.17) is 11.6 Å². The van der Waals surface area contributed by atoms with Crippen molar-refractivity contribution in [2.45, 2.75) is 6.61 Å². The lowest BCUT2D eigenvalue weighted by Gasteiger charge is -2.04. The monoisotopic (exact) mass is 248 g/mol. The highest BCUT2D eigenvalue weighted by Crippen LogP contribution is 2.18. The van der Waals surface area contributed by atoms with Crippen LogP contribution in [0.5, 0.6) is 0 Å². The quantitative estimate of drug-likeness (QED) is 0.600. The first-order valence-corrected chi connectivity index (χ1v) is 6.20. The first kappa shape index (κ1) is 12.2. The van der Waals surface area contributed by atoms with Crippen LogP contribution >= 0.6 is 11.6 Å². The van der Waals surface area contributed by atoms with Crippen molar-refractivity contribution in [3.05, 3.63) is 34.3 Å². The summed E-state index contributed by atoms with van der Waals surface area (Å²) < 4.78 is 26.0. The van der Waals surface area contributed by atoms with E-state index in [9.17, 15) is 13.2 Å². The van der Waals surface area contributed by atoms with E-state index in [-0.39, 0.29) is 6.61 Å². The van der Waals surface area contributed by atoms with Crippen molar-refractivity contribution < 1.29 is 17.4 Å². The molecule has 0 unspecified atom stereocenters. The van der Waals surface area contributed by atoms with Gasteiger partial charge in [-0.3, -0.25) is 8.98 Å². The van der Waals surface area contributed by atoms with Crippen LogP contribution in [0, 0.1) is 0 Å². The van der Waals surface area contributed by atoms with Gasteiger partial charge in [-0.15, -0.1) is 0 Å². The van der Waals surface area contributed by atoms with Crippen LogP contribution in [-0.4, -0.2) is 21.0 Å². The number of rotatable bonds is 4. The molecule has 0 heterocycles. The van der Waals surface area contributed by atoms with Crippen LogP contribution in [0.3, 0.4) is 0 Å². The lowest BCUT2D eigenvalue weighted by Crippen LogP contribution is -2.03. The molecule has 6 heteroatoms. The average Bonchev–Trinajstić information content (AvgIpc) is 2.14. The molecule has 82 valence electrons. The third-order valence-electron chi connectivity index (χ3n) is 1.64. The molecule has 0 N–H and O–H groups in total. The highest BCUT2D eigenvalue weighted by atomic mass is 35.5. The van der Waals surface area contributed by atoms with E-state index in [0.717, 1.165) is 6.26 Å². The maximum atomic E-state index is 10.7. The Bertz CT molecular complexity index is 467. The minimum atomic E-state index is -3.48. The van der Waals surface area contributed by atoms with Gasteiger partial charge in [-0.2, -0.15) is 8.42 Å². The van der Waals surface area contributed by atoms with Crippen molar-refractivity contribution in [2.75, 3.05) is 6.26 Å². The summed E-state index contributed by atoms with van der Waals surface area (Å²) in [4.78, 5) is 10.4. The average molecular weight is 249 g/mol. The summed E-state index contributed by atoms with van der Waals surface area (Å²) in [6.45, 7) is -0.128. The Morgan fingerprint density at radius 3 is 2.60 bits per heavy atom. The van der Waals surface area contributed by atoms with Crippen LogP contribution in [0.2, 0.25) is 5.02 Å². The number of hydrogen-bond donors (Lipinski definition) is 0. The predicted molar refractivity (Wildman–Crippen MR) is 56.5 cm³/mol. The standard InChI is InChI=1S/C9H9ClO4S/c1-15(12,13)14-6-8-3-2-7(5-11)4-9(8)10/h2-5H,6H2,1H3. The maximum absolute atomic E-state index is 10.7. The lowest BCUT2D eigenvalue weighted by atomic mass is 10.1. The second kappa shape index (κ2) is 4.74. The Balaban J connectivity index is 2.83. The molecule has 0 amide bonds. The normalized spacial score (nSPS) is 11.3. The Hall–Kier alpha value is -0.910. The van der Waals surface area contributed by atoms with Gasteiger partial charge in [0.25, 0.3) is 10.1 Å². The van der Waals surface area contributed by atoms with Crippen LogP contribution in [0.1, 0.15) is 15.9 Å². The maximum Gasteiger partial charge on any atom is 0.264 e. The molecule has 15 heavy (non-hydrogen) atoms. The molecular weight excluding hydrogens is 240 g/mol. The van der Waals surface area contributed by atoms with Crippen molar-refractivity contribution in [1.29, 1.82) is 0 Å². The molecule has 1 rings (SSSR count). The SMILES string of the molecule is CS(=O)(=O)OCc1ccc(C=O)cc1Cl. The van der Waals surface area contributed by atoms with Crippen molar-refractivity contribution in [3.63, 3.8) is 0 Å². The van der Waals surface area contributed by atoms with E-state index in [1.165, 1.54) is 6.07 Å². The van der Waals surface area contributed by atoms with Crippen molar-refractivity contribution in [3.8, 4) is 0 Å². The van der Waals surface area contributed by atoms with E-state index in [2.05, 4.69) is 4.18 Å². The minimum Gasteiger partial charge on any atom is -0.298 e. The van der Waals surface area contributed by atoms with Crippen molar-refractivity contribution in [1.82, 2.24) is 0 Å². The summed E-state index contributed by atoms with van der Waals surface area (Å²) in [7, 11) is -3.48. The van der Waals surface area contributed by atoms with Gasteiger partial charge in [0.05, 0.1) is 12.9 Å². The molecule has 0 spiro atoms. The molecule has 4 nitrogen and oxygen atoms in total. The molecule has 0 aliphatic carbocycles. The molecule has 0 bridgehead atoms. The summed E-state index contributed by atoms with van der Waals surface area (Å²) in [5.41, 5.74) is 0.954. The Morgan fingerprint density at radius 1 is 1.47 bits per heavy atom. The van der Waals surface area contributed by atoms with E-state index in [1.54, 1.807) is 12.1 Å². The number of carbonyl (C=O) groups is 1. The Morgan fingerprint density at radius 2 is 2.13 bits per heavy atom. The van der Waals surface area contributed by atoms with Gasteiger partial charge >= 0.3 is 0 Å². The van der Waals surface area contributed by atoms with Crippen LogP contribution in [0.15, 0.2) is 18.2 Å². The van der Waals surface area contributed by atoms with Crippen molar-refractivity contribution in [2.24, 2.45) is 0 Å². The predicted octanol–water partition coefficient (Wildman–Crippen LogP) is 1.63. The van der Waals surface area contributed by atoms with Gasteiger partial charge < -0.3 is 0 Å². The smallest absolute Gasteiger partial charge is 0.264 e. The largest absolute Gasteiger partial charge is 0.298 e. The summed E-state index contributed by atoms with van der Waals surface area (Å²) >= 11 is 5.80. The van der Waals surface area contributed by atoms with E-state index < -0.39 is 10.1 Å². The fraction of sp³-hybridized carbons (Fsp3) is 0.222. The molecule has 0 radical (unpaired) electrons. The molecule has 1 aromatic rings. The van der Waals surface area contributed by atoms with Gasteiger partial charge in [0.1, 0.15) is 6.29 Å². The highest BCUT2D eigenvalue weighted by Gasteiger charge is 2.06. The van der Waals surface area contributed by atoms with Gasteiger partial charge in [0, 0.05) is 10.6 Å². The van der Waals surface area contributed by atoms with Crippen LogP contribution < -0.4 is 0 Å². The molecule has 1 aromatic carbocycles. The van der Waals surface area contributed by atoms with Gasteiger partial charge in [0.2, 0.25) is 0 Å². The van der Waals surface area contributed by atoms with E-state index in [0.29, 0.717) is 22.4 Å². The molecular formula is C9H9ClO4S. The molecule has 0 aliphatic heterocycles. The topological polar surface area (TPSA) is 60.4 Å². The van der Waals surface area contributed by atoms with Crippen LogP contribution in [0.25, 0.3) is 0 Å². The van der Waals surface area contributed by atoms with Crippen LogP contribution in [0.4, 0.5) is 0 Å². The first-order valence-electron chi connectivity index (χ1n) is 4.00. The summed E-state index contributed by atoms with van der Waals surface area (Å²) in [6, 6.07) is 4.55. The Kier molecular flexibility index (Phi) is 3.84. The number of aldehydes is 1. The van der Waals surface area contributed by atoms with Gasteiger partial charge in [0.15, 0.2) is 0 Å². The fourth-order valence-corrected chi connectivity index (χ4v) is 1.51. The zero-order chi connectivity index (χ0) is 11.5. The number of benzene rings is 1. The summed E-state index contributed by atoms with van der Waals surface area (Å²) in [5.74, 6) is 0. The first-order chi connectivity index (χ1) is 6.92. The van der Waals surface area contributed by atoms with Crippen LogP contribution in [-0.2, 0) is 20.9 Å². The second-order valence-electron chi connectivity index (χ2n) is 2.94.